The Kier molecular flexibility index (Phi) is 9.11. The van der Waals surface area contributed by atoms with Crippen molar-refractivity contribution in [1.29, 1.82) is 0 Å². The number of rotatable bonds is 9. The Morgan fingerprint density at radius 3 is 2.35 bits per heavy atom. The Balaban J connectivity index is 2.40. The summed E-state index contributed by atoms with van der Waals surface area (Å²) in [5, 5.41) is 0.157. The zero-order chi connectivity index (χ0) is 25.9. The first-order chi connectivity index (χ1) is 15.6. The molecule has 1 heterocycles. The Bertz CT molecular complexity index is 998. The second-order valence-corrected chi connectivity index (χ2v) is 16.7. The molecule has 2 atom stereocenters. The normalized spacial score (nSPS) is 14.6. The Hall–Kier alpha value is -1.76. The van der Waals surface area contributed by atoms with Crippen LogP contribution in [0.15, 0.2) is 30.5 Å². The van der Waals surface area contributed by atoms with E-state index in [9.17, 15) is 9.18 Å². The smallest absolute Gasteiger partial charge is 0.191 e. The fraction of sp³-hybridized carbons (Fsp3) is 0.556. The molecule has 0 radical (unpaired) electrons. The second kappa shape index (κ2) is 10.9. The molecule has 1 aromatic heterocycles. The summed E-state index contributed by atoms with van der Waals surface area (Å²) in [4.78, 5) is 17.1. The third kappa shape index (κ3) is 6.67. The molecule has 0 bridgehead atoms. The van der Waals surface area contributed by atoms with Gasteiger partial charge in [-0.05, 0) is 46.8 Å². The summed E-state index contributed by atoms with van der Waals surface area (Å²) in [6.45, 7) is 17.8. The topological polar surface area (TPSA) is 48.4 Å². The number of ether oxygens (including phenoxy) is 1. The molecule has 0 fully saturated rings. The molecule has 2 rings (SSSR count). The molecule has 0 aliphatic carbocycles. The molecule has 0 saturated carbocycles. The van der Waals surface area contributed by atoms with E-state index < -0.39 is 20.1 Å². The first kappa shape index (κ1) is 28.5. The van der Waals surface area contributed by atoms with E-state index in [1.165, 1.54) is 6.07 Å². The highest BCUT2D eigenvalue weighted by molar-refractivity contribution is 6.74. The van der Waals surface area contributed by atoms with E-state index in [4.69, 9.17) is 20.8 Å². The lowest BCUT2D eigenvalue weighted by molar-refractivity contribution is -0.111. The first-order valence-corrected chi connectivity index (χ1v) is 15.0. The summed E-state index contributed by atoms with van der Waals surface area (Å²) in [6.07, 6.45) is 2.95. The van der Waals surface area contributed by atoms with Gasteiger partial charge in [-0.15, -0.1) is 0 Å². The number of hydrogen-bond acceptors (Lipinski definition) is 4. The van der Waals surface area contributed by atoms with Crippen LogP contribution in [-0.4, -0.2) is 33.3 Å². The van der Waals surface area contributed by atoms with E-state index in [-0.39, 0.29) is 21.4 Å². The van der Waals surface area contributed by atoms with Gasteiger partial charge in [0.25, 0.3) is 0 Å². The third-order valence-electron chi connectivity index (χ3n) is 7.02. The average molecular weight is 508 g/mol. The number of aromatic nitrogens is 1. The van der Waals surface area contributed by atoms with E-state index in [0.29, 0.717) is 30.0 Å². The number of benzene rings is 1. The van der Waals surface area contributed by atoms with Crippen LogP contribution >= 0.6 is 11.6 Å². The van der Waals surface area contributed by atoms with Crippen LogP contribution in [0.1, 0.15) is 64.3 Å². The molecule has 188 valence electrons. The van der Waals surface area contributed by atoms with Gasteiger partial charge in [-0.1, -0.05) is 65.3 Å². The molecule has 0 aliphatic heterocycles. The van der Waals surface area contributed by atoms with Crippen molar-refractivity contribution in [2.45, 2.75) is 72.0 Å². The zero-order valence-corrected chi connectivity index (χ0v) is 23.7. The van der Waals surface area contributed by atoms with E-state index >= 15 is 0 Å². The number of hydrogen-bond donors (Lipinski definition) is 0. The van der Waals surface area contributed by atoms with Crippen molar-refractivity contribution in [2.24, 2.45) is 11.3 Å². The van der Waals surface area contributed by atoms with Gasteiger partial charge in [0.05, 0.1) is 23.7 Å². The predicted molar refractivity (Wildman–Crippen MR) is 140 cm³/mol. The summed E-state index contributed by atoms with van der Waals surface area (Å²) in [7, 11) is -0.444. The molecule has 0 N–H and O–H groups in total. The van der Waals surface area contributed by atoms with Crippen LogP contribution in [0.2, 0.25) is 23.2 Å². The maximum atomic E-state index is 14.4. The number of nitrogens with zero attached hydrogens (tertiary/aromatic N) is 1. The number of pyridine rings is 1. The number of aldehydes is 1. The van der Waals surface area contributed by atoms with Gasteiger partial charge >= 0.3 is 0 Å². The standard InChI is InChI=1S/C27H39ClFNO3Si/c1-26(2,3)21(17-33-34(8,9)27(4,5)6)20(16-31)25-23(32-7)14-18(15-30-25)13-19-11-10-12-22(28)24(19)29/h10-12,14-16,20-21H,13,17H2,1-9H3/t20?,21-/m0/s1. The first-order valence-electron chi connectivity index (χ1n) is 11.7. The lowest BCUT2D eigenvalue weighted by atomic mass is 9.72. The third-order valence-corrected chi connectivity index (χ3v) is 11.8. The number of carbonyl (C=O) groups excluding carboxylic acids is 1. The highest BCUT2D eigenvalue weighted by atomic mass is 35.5. The maximum Gasteiger partial charge on any atom is 0.191 e. The van der Waals surface area contributed by atoms with Gasteiger partial charge < -0.3 is 14.0 Å². The monoisotopic (exact) mass is 507 g/mol. The van der Waals surface area contributed by atoms with Crippen molar-refractivity contribution in [3.63, 3.8) is 0 Å². The van der Waals surface area contributed by atoms with Crippen molar-refractivity contribution in [3.05, 3.63) is 58.1 Å². The summed E-state index contributed by atoms with van der Waals surface area (Å²) in [5.74, 6) is -0.527. The van der Waals surface area contributed by atoms with Crippen molar-refractivity contribution in [2.75, 3.05) is 13.7 Å². The maximum absolute atomic E-state index is 14.4. The average Bonchev–Trinajstić information content (AvgIpc) is 2.73. The lowest BCUT2D eigenvalue weighted by Crippen LogP contribution is -2.44. The molecule has 0 amide bonds. The van der Waals surface area contributed by atoms with Crippen molar-refractivity contribution in [1.82, 2.24) is 4.98 Å². The zero-order valence-electron chi connectivity index (χ0n) is 22.0. The quantitative estimate of drug-likeness (QED) is 0.261. The SMILES string of the molecule is COc1cc(Cc2cccc(Cl)c2F)cnc1C(C=O)[C@H](CO[Si](C)(C)C(C)(C)C)C(C)(C)C. The minimum absolute atomic E-state index is 0.0688. The number of carbonyl (C=O) groups is 1. The van der Waals surface area contributed by atoms with Gasteiger partial charge in [0.15, 0.2) is 8.32 Å². The van der Waals surface area contributed by atoms with Crippen LogP contribution in [0, 0.1) is 17.2 Å². The van der Waals surface area contributed by atoms with Gasteiger partial charge in [0.1, 0.15) is 17.9 Å². The van der Waals surface area contributed by atoms with Crippen molar-refractivity contribution < 1.29 is 18.3 Å². The fourth-order valence-electron chi connectivity index (χ4n) is 3.67. The molecule has 34 heavy (non-hydrogen) atoms. The van der Waals surface area contributed by atoms with E-state index in [1.54, 1.807) is 25.4 Å². The predicted octanol–water partition coefficient (Wildman–Crippen LogP) is 7.44. The van der Waals surface area contributed by atoms with Crippen LogP contribution in [0.5, 0.6) is 5.75 Å². The number of methoxy groups -OCH3 is 1. The van der Waals surface area contributed by atoms with E-state index in [0.717, 1.165) is 11.8 Å². The Labute approximate surface area is 210 Å². The molecule has 7 heteroatoms. The molecule has 0 saturated heterocycles. The minimum atomic E-state index is -2.00. The molecule has 2 aromatic rings. The van der Waals surface area contributed by atoms with E-state index in [1.807, 2.05) is 6.07 Å². The summed E-state index contributed by atoms with van der Waals surface area (Å²) in [6, 6.07) is 6.77. The molecular weight excluding hydrogens is 469 g/mol. The fourth-order valence-corrected chi connectivity index (χ4v) is 4.89. The largest absolute Gasteiger partial charge is 0.495 e. The lowest BCUT2D eigenvalue weighted by Gasteiger charge is -2.41. The van der Waals surface area contributed by atoms with Crippen LogP contribution in [0.3, 0.4) is 0 Å². The van der Waals surface area contributed by atoms with Gasteiger partial charge in [0, 0.05) is 25.1 Å². The summed E-state index contributed by atoms with van der Waals surface area (Å²) >= 11 is 5.93. The molecule has 0 aliphatic rings. The Morgan fingerprint density at radius 1 is 1.18 bits per heavy atom. The molecule has 4 nitrogen and oxygen atoms in total. The highest BCUT2D eigenvalue weighted by Crippen LogP contribution is 2.42. The van der Waals surface area contributed by atoms with Crippen LogP contribution in [-0.2, 0) is 15.6 Å². The van der Waals surface area contributed by atoms with Gasteiger partial charge in [-0.3, -0.25) is 4.98 Å². The van der Waals surface area contributed by atoms with Crippen LogP contribution in [0.25, 0.3) is 0 Å². The molecule has 0 spiro atoms. The molecular formula is C27H39ClFNO3Si. The highest BCUT2D eigenvalue weighted by Gasteiger charge is 2.41. The summed E-state index contributed by atoms with van der Waals surface area (Å²) < 4.78 is 26.6. The molecule has 1 unspecified atom stereocenters. The minimum Gasteiger partial charge on any atom is -0.495 e. The number of halogens is 2. The van der Waals surface area contributed by atoms with E-state index in [2.05, 4.69) is 59.6 Å². The summed E-state index contributed by atoms with van der Waals surface area (Å²) in [5.41, 5.74) is 1.62. The van der Waals surface area contributed by atoms with Crippen LogP contribution < -0.4 is 4.74 Å². The van der Waals surface area contributed by atoms with Crippen molar-refractivity contribution >= 4 is 26.2 Å². The second-order valence-electron chi connectivity index (χ2n) is 11.5. The Morgan fingerprint density at radius 2 is 1.82 bits per heavy atom. The van der Waals surface area contributed by atoms with Crippen molar-refractivity contribution in [3.8, 4) is 5.75 Å². The van der Waals surface area contributed by atoms with Crippen LogP contribution in [0.4, 0.5) is 4.39 Å². The molecule has 1 aromatic carbocycles. The van der Waals surface area contributed by atoms with Gasteiger partial charge in [0.2, 0.25) is 0 Å². The van der Waals surface area contributed by atoms with Gasteiger partial charge in [-0.25, -0.2) is 4.39 Å². The van der Waals surface area contributed by atoms with Gasteiger partial charge in [-0.2, -0.15) is 0 Å².